The van der Waals surface area contributed by atoms with Crippen LogP contribution in [0.4, 0.5) is 0 Å². The number of thiophene rings is 1. The predicted octanol–water partition coefficient (Wildman–Crippen LogP) is 5.01. The summed E-state index contributed by atoms with van der Waals surface area (Å²) in [5, 5.41) is 2.07. The largest absolute Gasteiger partial charge is 0.487 e. The Morgan fingerprint density at radius 3 is 2.47 bits per heavy atom. The van der Waals surface area contributed by atoms with Crippen molar-refractivity contribution in [2.45, 2.75) is 27.4 Å². The lowest BCUT2D eigenvalue weighted by atomic mass is 10.1. The third kappa shape index (κ3) is 2.72. The monoisotopic (exact) mass is 310 g/mol. The maximum absolute atomic E-state index is 5.95. The maximum atomic E-state index is 5.95. The highest BCUT2D eigenvalue weighted by molar-refractivity contribution is 9.10. The zero-order valence-corrected chi connectivity index (χ0v) is 12.6. The zero-order chi connectivity index (χ0) is 12.4. The third-order valence-electron chi connectivity index (χ3n) is 2.91. The SMILES string of the molecule is Cc1ccc(C)c(OCc2sccc2Br)c1C. The van der Waals surface area contributed by atoms with E-state index in [4.69, 9.17) is 4.74 Å². The summed E-state index contributed by atoms with van der Waals surface area (Å²) in [4.78, 5) is 1.23. The van der Waals surface area contributed by atoms with E-state index in [1.165, 1.54) is 21.6 Å². The van der Waals surface area contributed by atoms with Crippen LogP contribution in [0.2, 0.25) is 0 Å². The molecule has 0 aliphatic rings. The predicted molar refractivity (Wildman–Crippen MR) is 77.0 cm³/mol. The first-order valence-electron chi connectivity index (χ1n) is 5.51. The van der Waals surface area contributed by atoms with Crippen LogP contribution in [-0.2, 0) is 6.61 Å². The minimum atomic E-state index is 0.628. The maximum Gasteiger partial charge on any atom is 0.125 e. The van der Waals surface area contributed by atoms with Crippen molar-refractivity contribution in [2.75, 3.05) is 0 Å². The summed E-state index contributed by atoms with van der Waals surface area (Å²) in [7, 11) is 0. The van der Waals surface area contributed by atoms with E-state index in [2.05, 4.69) is 60.3 Å². The van der Waals surface area contributed by atoms with Crippen molar-refractivity contribution in [1.82, 2.24) is 0 Å². The van der Waals surface area contributed by atoms with Gasteiger partial charge in [-0.1, -0.05) is 12.1 Å². The molecular formula is C14H15BrOS. The van der Waals surface area contributed by atoms with Crippen LogP contribution in [0.1, 0.15) is 21.6 Å². The van der Waals surface area contributed by atoms with Gasteiger partial charge in [-0.05, 0) is 64.8 Å². The lowest BCUT2D eigenvalue weighted by Crippen LogP contribution is -1.99. The van der Waals surface area contributed by atoms with Gasteiger partial charge in [0.2, 0.25) is 0 Å². The molecule has 0 atom stereocenters. The summed E-state index contributed by atoms with van der Waals surface area (Å²) in [5.41, 5.74) is 3.70. The van der Waals surface area contributed by atoms with Gasteiger partial charge in [0.15, 0.2) is 0 Å². The lowest BCUT2D eigenvalue weighted by Gasteiger charge is -2.13. The van der Waals surface area contributed by atoms with Gasteiger partial charge in [-0.15, -0.1) is 11.3 Å². The summed E-state index contributed by atoms with van der Waals surface area (Å²) in [6, 6.07) is 6.30. The Bertz CT molecular complexity index is 531. The Balaban J connectivity index is 2.20. The fourth-order valence-electron chi connectivity index (χ4n) is 1.71. The summed E-state index contributed by atoms with van der Waals surface area (Å²) < 4.78 is 7.08. The number of halogens is 1. The molecule has 0 aliphatic heterocycles. The summed E-state index contributed by atoms with van der Waals surface area (Å²) in [6.45, 7) is 6.94. The molecule has 17 heavy (non-hydrogen) atoms. The molecule has 1 aromatic heterocycles. The standard InChI is InChI=1S/C14H15BrOS/c1-9-4-5-10(2)14(11(9)3)16-8-13-12(15)6-7-17-13/h4-7H,8H2,1-3H3. The molecule has 1 nitrogen and oxygen atoms in total. The average Bonchev–Trinajstić information content (AvgIpc) is 2.70. The number of ether oxygens (including phenoxy) is 1. The molecule has 2 rings (SSSR count). The van der Waals surface area contributed by atoms with Gasteiger partial charge in [-0.3, -0.25) is 0 Å². The van der Waals surface area contributed by atoms with Crippen LogP contribution in [0.3, 0.4) is 0 Å². The first-order chi connectivity index (χ1) is 8.09. The highest BCUT2D eigenvalue weighted by Crippen LogP contribution is 2.29. The van der Waals surface area contributed by atoms with Gasteiger partial charge in [0, 0.05) is 4.47 Å². The number of aryl methyl sites for hydroxylation is 2. The van der Waals surface area contributed by atoms with Gasteiger partial charge in [0.1, 0.15) is 12.4 Å². The minimum absolute atomic E-state index is 0.628. The third-order valence-corrected chi connectivity index (χ3v) is 4.81. The Kier molecular flexibility index (Phi) is 3.89. The fourth-order valence-corrected chi connectivity index (χ4v) is 3.09. The number of rotatable bonds is 3. The number of hydrogen-bond acceptors (Lipinski definition) is 2. The Morgan fingerprint density at radius 2 is 1.82 bits per heavy atom. The Labute approximate surface area is 115 Å². The van der Waals surface area contributed by atoms with E-state index < -0.39 is 0 Å². The molecule has 0 spiro atoms. The second-order valence-corrected chi connectivity index (χ2v) is 5.99. The molecule has 0 radical (unpaired) electrons. The Hall–Kier alpha value is -0.800. The van der Waals surface area contributed by atoms with Crippen LogP contribution in [0, 0.1) is 20.8 Å². The van der Waals surface area contributed by atoms with E-state index in [-0.39, 0.29) is 0 Å². The van der Waals surface area contributed by atoms with Crippen LogP contribution in [0.25, 0.3) is 0 Å². The van der Waals surface area contributed by atoms with E-state index in [1.54, 1.807) is 11.3 Å². The van der Waals surface area contributed by atoms with E-state index in [1.807, 2.05) is 0 Å². The molecule has 0 amide bonds. The summed E-state index contributed by atoms with van der Waals surface area (Å²) in [5.74, 6) is 1.02. The van der Waals surface area contributed by atoms with Gasteiger partial charge in [0.25, 0.3) is 0 Å². The smallest absolute Gasteiger partial charge is 0.125 e. The molecule has 0 unspecified atom stereocenters. The van der Waals surface area contributed by atoms with Crippen LogP contribution in [-0.4, -0.2) is 0 Å². The lowest BCUT2D eigenvalue weighted by molar-refractivity contribution is 0.304. The molecule has 0 bridgehead atoms. The second kappa shape index (κ2) is 5.23. The minimum Gasteiger partial charge on any atom is -0.487 e. The summed E-state index contributed by atoms with van der Waals surface area (Å²) >= 11 is 5.23. The van der Waals surface area contributed by atoms with Gasteiger partial charge < -0.3 is 4.74 Å². The van der Waals surface area contributed by atoms with Gasteiger partial charge >= 0.3 is 0 Å². The van der Waals surface area contributed by atoms with E-state index in [9.17, 15) is 0 Å². The van der Waals surface area contributed by atoms with Crippen molar-refractivity contribution in [3.05, 3.63) is 49.6 Å². The normalized spacial score (nSPS) is 10.6. The molecule has 0 fully saturated rings. The molecule has 1 heterocycles. The highest BCUT2D eigenvalue weighted by Gasteiger charge is 2.08. The van der Waals surface area contributed by atoms with Crippen LogP contribution in [0.15, 0.2) is 28.1 Å². The van der Waals surface area contributed by atoms with E-state index >= 15 is 0 Å². The van der Waals surface area contributed by atoms with Crippen LogP contribution in [0.5, 0.6) is 5.75 Å². The second-order valence-electron chi connectivity index (χ2n) is 4.13. The quantitative estimate of drug-likeness (QED) is 0.774. The number of hydrogen-bond donors (Lipinski definition) is 0. The van der Waals surface area contributed by atoms with Gasteiger partial charge in [-0.2, -0.15) is 0 Å². The molecule has 0 N–H and O–H groups in total. The van der Waals surface area contributed by atoms with Crippen molar-refractivity contribution < 1.29 is 4.74 Å². The molecule has 2 aromatic rings. The highest BCUT2D eigenvalue weighted by atomic mass is 79.9. The van der Waals surface area contributed by atoms with Gasteiger partial charge in [0.05, 0.1) is 4.88 Å². The molecule has 0 aliphatic carbocycles. The fraction of sp³-hybridized carbons (Fsp3) is 0.286. The molecule has 0 saturated heterocycles. The molecular weight excluding hydrogens is 296 g/mol. The zero-order valence-electron chi connectivity index (χ0n) is 10.2. The Morgan fingerprint density at radius 1 is 1.12 bits per heavy atom. The number of benzene rings is 1. The van der Waals surface area contributed by atoms with Crippen LogP contribution >= 0.6 is 27.3 Å². The van der Waals surface area contributed by atoms with Crippen molar-refractivity contribution >= 4 is 27.3 Å². The molecule has 0 saturated carbocycles. The molecule has 1 aromatic carbocycles. The van der Waals surface area contributed by atoms with E-state index in [0.29, 0.717) is 6.61 Å². The molecule has 90 valence electrons. The van der Waals surface area contributed by atoms with Crippen molar-refractivity contribution in [1.29, 1.82) is 0 Å². The van der Waals surface area contributed by atoms with E-state index in [0.717, 1.165) is 10.2 Å². The van der Waals surface area contributed by atoms with Gasteiger partial charge in [-0.25, -0.2) is 0 Å². The average molecular weight is 311 g/mol. The molecule has 3 heteroatoms. The van der Waals surface area contributed by atoms with Crippen molar-refractivity contribution in [3.8, 4) is 5.75 Å². The van der Waals surface area contributed by atoms with Crippen molar-refractivity contribution in [2.24, 2.45) is 0 Å². The van der Waals surface area contributed by atoms with Crippen LogP contribution < -0.4 is 4.74 Å². The van der Waals surface area contributed by atoms with Crippen molar-refractivity contribution in [3.63, 3.8) is 0 Å². The first-order valence-corrected chi connectivity index (χ1v) is 7.18. The summed E-state index contributed by atoms with van der Waals surface area (Å²) in [6.07, 6.45) is 0. The first kappa shape index (κ1) is 12.7. The topological polar surface area (TPSA) is 9.23 Å².